The third kappa shape index (κ3) is 6.12. The fourth-order valence-electron chi connectivity index (χ4n) is 2.26. The number of carbonyl (C=O) groups is 2. The van der Waals surface area contributed by atoms with Crippen LogP contribution in [0.4, 0.5) is 0 Å². The standard InChI is InChI=1S/C16H20ClN3O4.ClH/c1-23-13-7-11(6-12(17)15(13)24-9-14(18)21)16(22)20-8-10-2-4-19-5-3-10;/h2,6-7,19H,3-5,8-9H2,1H3,(H2,18,21)(H,20,22);1H. The van der Waals surface area contributed by atoms with Crippen LogP contribution in [0.25, 0.3) is 0 Å². The summed E-state index contributed by atoms with van der Waals surface area (Å²) < 4.78 is 10.4. The molecule has 1 aromatic carbocycles. The van der Waals surface area contributed by atoms with Crippen LogP contribution >= 0.6 is 24.0 Å². The van der Waals surface area contributed by atoms with E-state index < -0.39 is 5.91 Å². The molecule has 9 heteroatoms. The third-order valence-electron chi connectivity index (χ3n) is 3.48. The number of amides is 2. The Hall–Kier alpha value is -1.96. The highest BCUT2D eigenvalue weighted by Gasteiger charge is 2.17. The number of rotatable bonds is 7. The van der Waals surface area contributed by atoms with Crippen molar-refractivity contribution in [2.45, 2.75) is 6.42 Å². The zero-order valence-electron chi connectivity index (χ0n) is 13.8. The lowest BCUT2D eigenvalue weighted by Crippen LogP contribution is -2.29. The van der Waals surface area contributed by atoms with Gasteiger partial charge in [-0.3, -0.25) is 9.59 Å². The van der Waals surface area contributed by atoms with Crippen LogP contribution in [-0.4, -0.2) is 45.2 Å². The number of primary amides is 1. The molecule has 1 aliphatic rings. The van der Waals surface area contributed by atoms with E-state index >= 15 is 0 Å². The molecule has 7 nitrogen and oxygen atoms in total. The molecule has 1 aliphatic heterocycles. The summed E-state index contributed by atoms with van der Waals surface area (Å²) in [7, 11) is 1.42. The van der Waals surface area contributed by atoms with Gasteiger partial charge in [0.25, 0.3) is 11.8 Å². The van der Waals surface area contributed by atoms with Gasteiger partial charge in [0.15, 0.2) is 18.1 Å². The summed E-state index contributed by atoms with van der Waals surface area (Å²) in [6.45, 7) is 1.88. The molecule has 25 heavy (non-hydrogen) atoms. The molecular formula is C16H21Cl2N3O4. The average Bonchev–Trinajstić information content (AvgIpc) is 2.58. The maximum absolute atomic E-state index is 12.3. The van der Waals surface area contributed by atoms with Crippen molar-refractivity contribution in [2.24, 2.45) is 5.73 Å². The van der Waals surface area contributed by atoms with Crippen LogP contribution in [0.1, 0.15) is 16.8 Å². The summed E-state index contributed by atoms with van der Waals surface area (Å²) in [5.74, 6) is -0.466. The molecule has 0 saturated heterocycles. The summed E-state index contributed by atoms with van der Waals surface area (Å²) >= 11 is 6.13. The van der Waals surface area contributed by atoms with E-state index in [0.717, 1.165) is 19.5 Å². The van der Waals surface area contributed by atoms with Crippen molar-refractivity contribution >= 4 is 35.8 Å². The first-order valence-corrected chi connectivity index (χ1v) is 7.84. The van der Waals surface area contributed by atoms with Crippen molar-refractivity contribution in [3.8, 4) is 11.5 Å². The second-order valence-corrected chi connectivity index (χ2v) is 5.65. The Morgan fingerprint density at radius 2 is 2.16 bits per heavy atom. The molecule has 0 fully saturated rings. The van der Waals surface area contributed by atoms with Crippen molar-refractivity contribution in [1.29, 1.82) is 0 Å². The number of methoxy groups -OCH3 is 1. The maximum Gasteiger partial charge on any atom is 0.255 e. The van der Waals surface area contributed by atoms with E-state index in [0.29, 0.717) is 12.1 Å². The molecule has 0 bridgehead atoms. The summed E-state index contributed by atoms with van der Waals surface area (Å²) in [6.07, 6.45) is 2.97. The monoisotopic (exact) mass is 389 g/mol. The Bertz CT molecular complexity index is 665. The van der Waals surface area contributed by atoms with Gasteiger partial charge in [-0.1, -0.05) is 23.3 Å². The predicted molar refractivity (Wildman–Crippen MR) is 97.8 cm³/mol. The lowest BCUT2D eigenvalue weighted by atomic mass is 10.1. The summed E-state index contributed by atoms with van der Waals surface area (Å²) in [4.78, 5) is 23.1. The highest BCUT2D eigenvalue weighted by Crippen LogP contribution is 2.36. The van der Waals surface area contributed by atoms with Crippen LogP contribution in [0.2, 0.25) is 5.02 Å². The first-order valence-electron chi connectivity index (χ1n) is 7.46. The van der Waals surface area contributed by atoms with E-state index in [-0.39, 0.29) is 41.4 Å². The first kappa shape index (κ1) is 21.1. The molecule has 1 heterocycles. The molecule has 0 atom stereocenters. The van der Waals surface area contributed by atoms with Crippen molar-refractivity contribution in [1.82, 2.24) is 10.6 Å². The second kappa shape index (κ2) is 10.1. The van der Waals surface area contributed by atoms with E-state index in [9.17, 15) is 9.59 Å². The first-order chi connectivity index (χ1) is 11.5. The van der Waals surface area contributed by atoms with Crippen LogP contribution in [0.3, 0.4) is 0 Å². The van der Waals surface area contributed by atoms with E-state index in [2.05, 4.69) is 16.7 Å². The summed E-state index contributed by atoms with van der Waals surface area (Å²) in [6, 6.07) is 2.97. The molecule has 138 valence electrons. The van der Waals surface area contributed by atoms with E-state index in [4.69, 9.17) is 26.8 Å². The molecule has 0 unspecified atom stereocenters. The topological polar surface area (TPSA) is 103 Å². The second-order valence-electron chi connectivity index (χ2n) is 5.24. The van der Waals surface area contributed by atoms with Gasteiger partial charge in [0.2, 0.25) is 0 Å². The van der Waals surface area contributed by atoms with Crippen molar-refractivity contribution < 1.29 is 19.1 Å². The third-order valence-corrected chi connectivity index (χ3v) is 3.77. The Balaban J connectivity index is 0.00000312. The Morgan fingerprint density at radius 1 is 1.40 bits per heavy atom. The van der Waals surface area contributed by atoms with Gasteiger partial charge in [-0.15, -0.1) is 12.4 Å². The highest BCUT2D eigenvalue weighted by molar-refractivity contribution is 6.32. The van der Waals surface area contributed by atoms with Crippen molar-refractivity contribution in [2.75, 3.05) is 33.4 Å². The lowest BCUT2D eigenvalue weighted by Gasteiger charge is -2.16. The molecule has 2 rings (SSSR count). The van der Waals surface area contributed by atoms with Gasteiger partial charge in [-0.25, -0.2) is 0 Å². The summed E-state index contributed by atoms with van der Waals surface area (Å²) in [5.41, 5.74) is 6.58. The van der Waals surface area contributed by atoms with Gasteiger partial charge in [0.1, 0.15) is 0 Å². The van der Waals surface area contributed by atoms with Gasteiger partial charge in [-0.2, -0.15) is 0 Å². The minimum atomic E-state index is -0.634. The van der Waals surface area contributed by atoms with Gasteiger partial charge in [0, 0.05) is 18.7 Å². The molecular weight excluding hydrogens is 369 g/mol. The maximum atomic E-state index is 12.3. The number of nitrogens with two attached hydrogens (primary N) is 1. The Morgan fingerprint density at radius 3 is 2.76 bits per heavy atom. The molecule has 4 N–H and O–H groups in total. The zero-order chi connectivity index (χ0) is 17.5. The van der Waals surface area contributed by atoms with Crippen LogP contribution in [0, 0.1) is 0 Å². The fraction of sp³-hybridized carbons (Fsp3) is 0.375. The predicted octanol–water partition coefficient (Wildman–Crippen LogP) is 1.28. The number of benzene rings is 1. The van der Waals surface area contributed by atoms with Crippen LogP contribution in [0.5, 0.6) is 11.5 Å². The SMILES string of the molecule is COc1cc(C(=O)NCC2=CCNCC2)cc(Cl)c1OCC(N)=O.Cl. The molecule has 0 aromatic heterocycles. The van der Waals surface area contributed by atoms with E-state index in [1.54, 1.807) is 0 Å². The minimum absolute atomic E-state index is 0. The van der Waals surface area contributed by atoms with Crippen molar-refractivity contribution in [3.63, 3.8) is 0 Å². The molecule has 2 amide bonds. The van der Waals surface area contributed by atoms with Crippen LogP contribution in [0.15, 0.2) is 23.8 Å². The van der Waals surface area contributed by atoms with Crippen molar-refractivity contribution in [3.05, 3.63) is 34.4 Å². The zero-order valence-corrected chi connectivity index (χ0v) is 15.3. The quantitative estimate of drug-likeness (QED) is 0.609. The van der Waals surface area contributed by atoms with E-state index in [1.165, 1.54) is 24.8 Å². The minimum Gasteiger partial charge on any atom is -0.493 e. The van der Waals surface area contributed by atoms with Gasteiger partial charge < -0.3 is 25.8 Å². The molecule has 0 aliphatic carbocycles. The highest BCUT2D eigenvalue weighted by atomic mass is 35.5. The Labute approximate surface area is 157 Å². The smallest absolute Gasteiger partial charge is 0.255 e. The average molecular weight is 390 g/mol. The lowest BCUT2D eigenvalue weighted by molar-refractivity contribution is -0.119. The fourth-order valence-corrected chi connectivity index (χ4v) is 2.53. The molecule has 0 saturated carbocycles. The van der Waals surface area contributed by atoms with Gasteiger partial charge >= 0.3 is 0 Å². The normalized spacial score (nSPS) is 13.3. The number of nitrogens with one attached hydrogen (secondary N) is 2. The molecule has 0 spiro atoms. The van der Waals surface area contributed by atoms with Crippen LogP contribution in [-0.2, 0) is 4.79 Å². The van der Waals surface area contributed by atoms with Crippen LogP contribution < -0.4 is 25.8 Å². The van der Waals surface area contributed by atoms with Gasteiger partial charge in [-0.05, 0) is 25.1 Å². The number of hydrogen-bond donors (Lipinski definition) is 3. The van der Waals surface area contributed by atoms with Gasteiger partial charge in [0.05, 0.1) is 12.1 Å². The number of hydrogen-bond acceptors (Lipinski definition) is 5. The number of ether oxygens (including phenoxy) is 2. The molecule has 1 aromatic rings. The number of halogens is 2. The largest absolute Gasteiger partial charge is 0.493 e. The molecule has 0 radical (unpaired) electrons. The summed E-state index contributed by atoms with van der Waals surface area (Å²) in [5, 5.41) is 6.23. The number of carbonyl (C=O) groups excluding carboxylic acids is 2. The van der Waals surface area contributed by atoms with E-state index in [1.807, 2.05) is 0 Å². The Kier molecular flexibility index (Phi) is 8.54.